The molecule has 2 aliphatic heterocycles. The maximum absolute atomic E-state index is 12.7. The van der Waals surface area contributed by atoms with Gasteiger partial charge >= 0.3 is 5.97 Å². The van der Waals surface area contributed by atoms with Gasteiger partial charge in [0.1, 0.15) is 11.7 Å². The molecule has 1 amide bonds. The molecule has 0 bridgehead atoms. The molecule has 2 aliphatic rings. The number of esters is 1. The summed E-state index contributed by atoms with van der Waals surface area (Å²) in [7, 11) is -0.492. The van der Waals surface area contributed by atoms with Gasteiger partial charge in [-0.1, -0.05) is 12.1 Å². The molecule has 2 heterocycles. The highest BCUT2D eigenvalue weighted by molar-refractivity contribution is 7.92. The molecule has 0 radical (unpaired) electrons. The summed E-state index contributed by atoms with van der Waals surface area (Å²) in [4.78, 5) is 25.0. The van der Waals surface area contributed by atoms with E-state index in [1.807, 2.05) is 0 Å². The lowest BCUT2D eigenvalue weighted by molar-refractivity contribution is -0.118. The van der Waals surface area contributed by atoms with E-state index in [4.69, 9.17) is 14.2 Å². The number of ether oxygens (including phenoxy) is 3. The molecule has 2 aromatic carbocycles. The Balaban J connectivity index is 1.52. The van der Waals surface area contributed by atoms with Crippen molar-refractivity contribution in [3.8, 4) is 11.5 Å². The van der Waals surface area contributed by atoms with E-state index < -0.39 is 22.1 Å². The molecular formula is C21H22N2O7S. The van der Waals surface area contributed by atoms with Crippen LogP contribution >= 0.6 is 0 Å². The van der Waals surface area contributed by atoms with E-state index in [0.717, 1.165) is 11.8 Å². The number of benzene rings is 2. The number of cyclic esters (lactones) is 1. The fourth-order valence-electron chi connectivity index (χ4n) is 3.98. The number of anilines is 2. The lowest BCUT2D eigenvalue weighted by Gasteiger charge is -2.17. The summed E-state index contributed by atoms with van der Waals surface area (Å²) in [5.41, 5.74) is 2.74. The largest absolute Gasteiger partial charge is 0.493 e. The van der Waals surface area contributed by atoms with E-state index >= 15 is 0 Å². The van der Waals surface area contributed by atoms with Crippen molar-refractivity contribution in [2.45, 2.75) is 18.9 Å². The molecule has 0 aromatic heterocycles. The summed E-state index contributed by atoms with van der Waals surface area (Å²) >= 11 is 0. The molecule has 1 N–H and O–H groups in total. The highest BCUT2D eigenvalue weighted by Gasteiger charge is 2.37. The Hall–Kier alpha value is -3.27. The molecule has 2 aromatic rings. The second kappa shape index (κ2) is 7.77. The first-order valence-corrected chi connectivity index (χ1v) is 11.4. The minimum atomic E-state index is -3.39. The fraction of sp³-hybridized carbons (Fsp3) is 0.333. The lowest BCUT2D eigenvalue weighted by Crippen LogP contribution is -2.27. The molecule has 0 saturated heterocycles. The SMILES string of the molecule is COc1ccc2c(c1OC)C(=O)OC2CC(=O)Nc1ccc2c(c1)N(S(C)(=O)=O)CC2. The van der Waals surface area contributed by atoms with Gasteiger partial charge in [-0.15, -0.1) is 0 Å². The van der Waals surface area contributed by atoms with Gasteiger partial charge in [0.2, 0.25) is 15.9 Å². The number of methoxy groups -OCH3 is 2. The topological polar surface area (TPSA) is 111 Å². The Morgan fingerprint density at radius 3 is 2.68 bits per heavy atom. The van der Waals surface area contributed by atoms with Gasteiger partial charge in [-0.25, -0.2) is 13.2 Å². The number of hydrogen-bond acceptors (Lipinski definition) is 7. The standard InChI is InChI=1S/C21H22N2O7S/c1-28-16-7-6-14-17(30-21(25)19(14)20(16)29-2)11-18(24)22-13-5-4-12-8-9-23(15(12)10-13)31(3,26)27/h4-7,10,17H,8-9,11H2,1-3H3,(H,22,24). The maximum atomic E-state index is 12.7. The van der Waals surface area contributed by atoms with Crippen LogP contribution in [0.4, 0.5) is 11.4 Å². The predicted molar refractivity (Wildman–Crippen MR) is 113 cm³/mol. The van der Waals surface area contributed by atoms with Crippen LogP contribution in [0.5, 0.6) is 11.5 Å². The lowest BCUT2D eigenvalue weighted by atomic mass is 10.0. The van der Waals surface area contributed by atoms with Crippen LogP contribution in [-0.4, -0.2) is 47.3 Å². The van der Waals surface area contributed by atoms with Gasteiger partial charge < -0.3 is 19.5 Å². The first-order valence-electron chi connectivity index (χ1n) is 9.59. The van der Waals surface area contributed by atoms with Crippen LogP contribution in [0.3, 0.4) is 0 Å². The number of amides is 1. The summed E-state index contributed by atoms with van der Waals surface area (Å²) in [6.07, 6.45) is 0.921. The first kappa shape index (κ1) is 21.0. The van der Waals surface area contributed by atoms with Gasteiger partial charge in [0, 0.05) is 17.8 Å². The van der Waals surface area contributed by atoms with Crippen molar-refractivity contribution < 1.29 is 32.2 Å². The van der Waals surface area contributed by atoms with Gasteiger partial charge in [0.05, 0.1) is 32.6 Å². The summed E-state index contributed by atoms with van der Waals surface area (Å²) in [5, 5.41) is 2.76. The zero-order chi connectivity index (χ0) is 22.3. The zero-order valence-corrected chi connectivity index (χ0v) is 18.1. The number of carbonyl (C=O) groups is 2. The second-order valence-corrected chi connectivity index (χ2v) is 9.25. The molecule has 4 rings (SSSR count). The van der Waals surface area contributed by atoms with Crippen molar-refractivity contribution >= 4 is 33.3 Å². The number of rotatable bonds is 6. The molecule has 9 nitrogen and oxygen atoms in total. The summed E-state index contributed by atoms with van der Waals surface area (Å²) in [5.74, 6) is -0.279. The van der Waals surface area contributed by atoms with Gasteiger partial charge in [0.25, 0.3) is 0 Å². The van der Waals surface area contributed by atoms with Crippen LogP contribution in [0.1, 0.15) is 34.0 Å². The Labute approximate surface area is 179 Å². The number of hydrogen-bond donors (Lipinski definition) is 1. The minimum Gasteiger partial charge on any atom is -0.493 e. The van der Waals surface area contributed by atoms with E-state index in [2.05, 4.69) is 5.32 Å². The van der Waals surface area contributed by atoms with E-state index in [1.54, 1.807) is 30.3 Å². The Morgan fingerprint density at radius 2 is 2.00 bits per heavy atom. The normalized spacial score (nSPS) is 17.1. The minimum absolute atomic E-state index is 0.0961. The molecule has 0 aliphatic carbocycles. The van der Waals surface area contributed by atoms with Crippen molar-refractivity contribution in [3.05, 3.63) is 47.0 Å². The molecule has 0 spiro atoms. The molecule has 0 fully saturated rings. The molecular weight excluding hydrogens is 424 g/mol. The Bertz CT molecular complexity index is 1180. The third-order valence-corrected chi connectivity index (χ3v) is 6.55. The molecule has 164 valence electrons. The quantitative estimate of drug-likeness (QED) is 0.678. The smallest absolute Gasteiger partial charge is 0.343 e. The molecule has 1 unspecified atom stereocenters. The number of nitrogens with one attached hydrogen (secondary N) is 1. The van der Waals surface area contributed by atoms with Crippen LogP contribution in [0.25, 0.3) is 0 Å². The molecule has 31 heavy (non-hydrogen) atoms. The fourth-order valence-corrected chi connectivity index (χ4v) is 4.93. The van der Waals surface area contributed by atoms with Crippen molar-refractivity contribution in [1.29, 1.82) is 0 Å². The average Bonchev–Trinajstić information content (AvgIpc) is 3.28. The zero-order valence-electron chi connectivity index (χ0n) is 17.3. The van der Waals surface area contributed by atoms with Crippen LogP contribution in [0, 0.1) is 0 Å². The molecule has 0 saturated carbocycles. The third kappa shape index (κ3) is 3.78. The maximum Gasteiger partial charge on any atom is 0.343 e. The summed E-state index contributed by atoms with van der Waals surface area (Å²) < 4.78 is 41.2. The van der Waals surface area contributed by atoms with Gasteiger partial charge in [-0.05, 0) is 30.2 Å². The van der Waals surface area contributed by atoms with Crippen LogP contribution in [0.2, 0.25) is 0 Å². The van der Waals surface area contributed by atoms with Gasteiger partial charge in [0.15, 0.2) is 11.5 Å². The summed E-state index contributed by atoms with van der Waals surface area (Å²) in [6.45, 7) is 0.381. The van der Waals surface area contributed by atoms with E-state index in [0.29, 0.717) is 35.7 Å². The van der Waals surface area contributed by atoms with Crippen molar-refractivity contribution in [2.75, 3.05) is 36.6 Å². The number of nitrogens with zero attached hydrogens (tertiary/aromatic N) is 1. The van der Waals surface area contributed by atoms with Gasteiger partial charge in [-0.3, -0.25) is 9.10 Å². The van der Waals surface area contributed by atoms with E-state index in [9.17, 15) is 18.0 Å². The van der Waals surface area contributed by atoms with Crippen LogP contribution in [-0.2, 0) is 26.0 Å². The molecule has 10 heteroatoms. The van der Waals surface area contributed by atoms with Crippen molar-refractivity contribution in [3.63, 3.8) is 0 Å². The van der Waals surface area contributed by atoms with Crippen LogP contribution in [0.15, 0.2) is 30.3 Å². The third-order valence-electron chi connectivity index (χ3n) is 5.37. The van der Waals surface area contributed by atoms with Gasteiger partial charge in [-0.2, -0.15) is 0 Å². The van der Waals surface area contributed by atoms with Crippen molar-refractivity contribution in [2.24, 2.45) is 0 Å². The van der Waals surface area contributed by atoms with Crippen molar-refractivity contribution in [1.82, 2.24) is 0 Å². The number of sulfonamides is 1. The molecule has 1 atom stereocenters. The van der Waals surface area contributed by atoms with E-state index in [-0.39, 0.29) is 23.6 Å². The average molecular weight is 446 g/mol. The predicted octanol–water partition coefficient (Wildman–Crippen LogP) is 2.27. The number of fused-ring (bicyclic) bond motifs is 2. The van der Waals surface area contributed by atoms with Crippen LogP contribution < -0.4 is 19.1 Å². The highest BCUT2D eigenvalue weighted by atomic mass is 32.2. The Kier molecular flexibility index (Phi) is 5.26. The monoisotopic (exact) mass is 446 g/mol. The Morgan fingerprint density at radius 1 is 1.23 bits per heavy atom. The van der Waals surface area contributed by atoms with E-state index in [1.165, 1.54) is 18.5 Å². The second-order valence-electron chi connectivity index (χ2n) is 7.34. The summed E-state index contributed by atoms with van der Waals surface area (Å²) in [6, 6.07) is 8.51. The first-order chi connectivity index (χ1) is 14.7. The highest BCUT2D eigenvalue weighted by Crippen LogP contribution is 2.43. The number of carbonyl (C=O) groups excluding carboxylic acids is 2.